The minimum atomic E-state index is -4.22. The number of halogens is 3. The lowest BCUT2D eigenvalue weighted by molar-refractivity contribution is -0.174. The van der Waals surface area contributed by atoms with Gasteiger partial charge >= 0.3 is 6.18 Å². The first-order chi connectivity index (χ1) is 10.0. The monoisotopic (exact) mass is 303 g/mol. The average molecular weight is 303 g/mol. The van der Waals surface area contributed by atoms with E-state index in [1.807, 2.05) is 18.2 Å². The summed E-state index contributed by atoms with van der Waals surface area (Å²) in [5.41, 5.74) is 1.27. The van der Waals surface area contributed by atoms with E-state index in [-0.39, 0.29) is 6.61 Å². The van der Waals surface area contributed by atoms with Gasteiger partial charge in [0.2, 0.25) is 0 Å². The van der Waals surface area contributed by atoms with E-state index < -0.39 is 12.8 Å². The molecule has 1 unspecified atom stereocenters. The highest BCUT2D eigenvalue weighted by molar-refractivity contribution is 5.19. The Labute approximate surface area is 124 Å². The van der Waals surface area contributed by atoms with Crippen molar-refractivity contribution in [2.45, 2.75) is 38.3 Å². The highest BCUT2D eigenvalue weighted by Gasteiger charge is 2.27. The minimum absolute atomic E-state index is 0.169. The zero-order valence-electron chi connectivity index (χ0n) is 12.5. The van der Waals surface area contributed by atoms with Crippen molar-refractivity contribution in [1.29, 1.82) is 0 Å². The second-order valence-electron chi connectivity index (χ2n) is 5.08. The highest BCUT2D eigenvalue weighted by Crippen LogP contribution is 2.21. The smallest absolute Gasteiger partial charge is 0.372 e. The van der Waals surface area contributed by atoms with Crippen LogP contribution in [0.25, 0.3) is 0 Å². The van der Waals surface area contributed by atoms with E-state index in [1.54, 1.807) is 0 Å². The molecule has 0 heterocycles. The molecule has 0 aliphatic heterocycles. The van der Waals surface area contributed by atoms with Crippen molar-refractivity contribution in [2.75, 3.05) is 26.3 Å². The summed E-state index contributed by atoms with van der Waals surface area (Å²) in [6, 6.07) is 10.2. The molecule has 0 radical (unpaired) electrons. The summed E-state index contributed by atoms with van der Waals surface area (Å²) in [4.78, 5) is 0. The van der Waals surface area contributed by atoms with Gasteiger partial charge in [-0.2, -0.15) is 13.2 Å². The predicted octanol–water partition coefficient (Wildman–Crippen LogP) is 4.13. The molecule has 0 aromatic heterocycles. The number of hydrogen-bond donors (Lipinski definition) is 1. The van der Waals surface area contributed by atoms with Crippen molar-refractivity contribution in [3.05, 3.63) is 35.9 Å². The summed E-state index contributed by atoms with van der Waals surface area (Å²) >= 11 is 0. The number of rotatable bonds is 10. The molecule has 0 fully saturated rings. The van der Waals surface area contributed by atoms with Crippen molar-refractivity contribution >= 4 is 0 Å². The van der Waals surface area contributed by atoms with Crippen molar-refractivity contribution < 1.29 is 17.9 Å². The number of unbranched alkanes of at least 4 members (excludes halogenated alkanes) is 1. The minimum Gasteiger partial charge on any atom is -0.372 e. The molecule has 2 nitrogen and oxygen atoms in total. The number of ether oxygens (including phenoxy) is 1. The standard InChI is InChI=1S/C16H24F3NO/c1-2-20-12-15(14-8-4-3-5-9-14)10-6-7-11-21-13-16(17,18)19/h3-5,8-9,15,20H,2,6-7,10-13H2,1H3. The van der Waals surface area contributed by atoms with Gasteiger partial charge in [0.25, 0.3) is 0 Å². The molecule has 1 rings (SSSR count). The maximum atomic E-state index is 11.9. The molecule has 0 spiro atoms. The number of hydrogen-bond acceptors (Lipinski definition) is 2. The molecular formula is C16H24F3NO. The van der Waals surface area contributed by atoms with Crippen molar-refractivity contribution in [3.63, 3.8) is 0 Å². The molecule has 0 saturated heterocycles. The quantitative estimate of drug-likeness (QED) is 0.656. The van der Waals surface area contributed by atoms with Crippen LogP contribution in [0.15, 0.2) is 30.3 Å². The van der Waals surface area contributed by atoms with Crippen LogP contribution in [0.4, 0.5) is 13.2 Å². The maximum absolute atomic E-state index is 11.9. The summed E-state index contributed by atoms with van der Waals surface area (Å²) in [6.07, 6.45) is -1.75. The first kappa shape index (κ1) is 18.0. The summed E-state index contributed by atoms with van der Waals surface area (Å²) in [6.45, 7) is 2.89. The summed E-state index contributed by atoms with van der Waals surface area (Å²) in [7, 11) is 0. The molecule has 0 saturated carbocycles. The fraction of sp³-hybridized carbons (Fsp3) is 0.625. The van der Waals surface area contributed by atoms with E-state index >= 15 is 0 Å². The van der Waals surface area contributed by atoms with E-state index in [2.05, 4.69) is 29.1 Å². The normalized spacial score (nSPS) is 13.3. The third-order valence-electron chi connectivity index (χ3n) is 3.27. The Morgan fingerprint density at radius 1 is 1.14 bits per heavy atom. The zero-order chi connectivity index (χ0) is 15.6. The fourth-order valence-corrected chi connectivity index (χ4v) is 2.21. The second kappa shape index (κ2) is 9.79. The molecule has 1 atom stereocenters. The van der Waals surface area contributed by atoms with Gasteiger partial charge in [-0.1, -0.05) is 43.7 Å². The molecule has 0 bridgehead atoms. The lowest BCUT2D eigenvalue weighted by Crippen LogP contribution is -2.21. The average Bonchev–Trinajstić information content (AvgIpc) is 2.45. The van der Waals surface area contributed by atoms with Crippen LogP contribution >= 0.6 is 0 Å². The van der Waals surface area contributed by atoms with E-state index in [0.717, 1.165) is 25.9 Å². The van der Waals surface area contributed by atoms with Crippen LogP contribution in [0.2, 0.25) is 0 Å². The largest absolute Gasteiger partial charge is 0.411 e. The van der Waals surface area contributed by atoms with Gasteiger partial charge in [0, 0.05) is 13.2 Å². The van der Waals surface area contributed by atoms with Gasteiger partial charge in [-0.3, -0.25) is 0 Å². The Balaban J connectivity index is 2.27. The maximum Gasteiger partial charge on any atom is 0.411 e. The Bertz CT molecular complexity index is 368. The van der Waals surface area contributed by atoms with Crippen LogP contribution in [0.3, 0.4) is 0 Å². The molecule has 5 heteroatoms. The number of benzene rings is 1. The molecule has 0 aliphatic rings. The Morgan fingerprint density at radius 3 is 2.48 bits per heavy atom. The Morgan fingerprint density at radius 2 is 1.86 bits per heavy atom. The zero-order valence-corrected chi connectivity index (χ0v) is 12.5. The molecule has 1 N–H and O–H groups in total. The number of alkyl halides is 3. The van der Waals surface area contributed by atoms with Crippen LogP contribution in [-0.2, 0) is 4.74 Å². The lowest BCUT2D eigenvalue weighted by Gasteiger charge is -2.18. The molecule has 0 aliphatic carbocycles. The van der Waals surface area contributed by atoms with Crippen molar-refractivity contribution in [1.82, 2.24) is 5.32 Å². The predicted molar refractivity (Wildman–Crippen MR) is 78.5 cm³/mol. The summed E-state index contributed by atoms with van der Waals surface area (Å²) < 4.78 is 40.4. The van der Waals surface area contributed by atoms with E-state index in [1.165, 1.54) is 5.56 Å². The van der Waals surface area contributed by atoms with E-state index in [4.69, 9.17) is 0 Å². The van der Waals surface area contributed by atoms with Gasteiger partial charge in [-0.15, -0.1) is 0 Å². The van der Waals surface area contributed by atoms with Crippen molar-refractivity contribution in [2.24, 2.45) is 0 Å². The number of likely N-dealkylation sites (N-methyl/N-ethyl adjacent to an activating group) is 1. The fourth-order valence-electron chi connectivity index (χ4n) is 2.21. The van der Waals surface area contributed by atoms with Gasteiger partial charge < -0.3 is 10.1 Å². The Hall–Kier alpha value is -1.07. The third kappa shape index (κ3) is 8.73. The van der Waals surface area contributed by atoms with Crippen LogP contribution in [0.1, 0.15) is 37.7 Å². The molecule has 0 amide bonds. The highest BCUT2D eigenvalue weighted by atomic mass is 19.4. The molecule has 1 aromatic rings. The van der Waals surface area contributed by atoms with E-state index in [0.29, 0.717) is 12.3 Å². The lowest BCUT2D eigenvalue weighted by atomic mass is 9.93. The summed E-state index contributed by atoms with van der Waals surface area (Å²) in [5, 5.41) is 3.34. The third-order valence-corrected chi connectivity index (χ3v) is 3.27. The molecule has 1 aromatic carbocycles. The van der Waals surface area contributed by atoms with Crippen molar-refractivity contribution in [3.8, 4) is 0 Å². The number of nitrogens with one attached hydrogen (secondary N) is 1. The topological polar surface area (TPSA) is 21.3 Å². The van der Waals surface area contributed by atoms with E-state index in [9.17, 15) is 13.2 Å². The molecular weight excluding hydrogens is 279 g/mol. The van der Waals surface area contributed by atoms with Gasteiger partial charge in [-0.25, -0.2) is 0 Å². The van der Waals surface area contributed by atoms with Crippen LogP contribution in [0.5, 0.6) is 0 Å². The van der Waals surface area contributed by atoms with Gasteiger partial charge in [0.1, 0.15) is 6.61 Å². The van der Waals surface area contributed by atoms with Crippen LogP contribution < -0.4 is 5.32 Å². The SMILES string of the molecule is CCNCC(CCCCOCC(F)(F)F)c1ccccc1. The molecule has 120 valence electrons. The van der Waals surface area contributed by atoms with Gasteiger partial charge in [-0.05, 0) is 30.9 Å². The van der Waals surface area contributed by atoms with Gasteiger partial charge in [0.05, 0.1) is 0 Å². The molecule has 21 heavy (non-hydrogen) atoms. The Kier molecular flexibility index (Phi) is 8.38. The second-order valence-corrected chi connectivity index (χ2v) is 5.08. The summed E-state index contributed by atoms with van der Waals surface area (Å²) in [5.74, 6) is 0.397. The first-order valence-electron chi connectivity index (χ1n) is 7.43. The van der Waals surface area contributed by atoms with Crippen LogP contribution in [-0.4, -0.2) is 32.5 Å². The van der Waals surface area contributed by atoms with Crippen LogP contribution in [0, 0.1) is 0 Å². The first-order valence-corrected chi connectivity index (χ1v) is 7.43. The van der Waals surface area contributed by atoms with Gasteiger partial charge in [0.15, 0.2) is 0 Å².